The first kappa shape index (κ1) is 32.8. The number of furan rings is 2. The lowest BCUT2D eigenvalue weighted by Gasteiger charge is -2.27. The van der Waals surface area contributed by atoms with Crippen LogP contribution in [0.25, 0.3) is 97.4 Å². The molecule has 272 valence electrons. The van der Waals surface area contributed by atoms with Crippen molar-refractivity contribution >= 4 is 92.4 Å². The highest BCUT2D eigenvalue weighted by molar-refractivity contribution is 7.25. The Morgan fingerprint density at radius 2 is 0.845 bits per heavy atom. The van der Waals surface area contributed by atoms with Crippen molar-refractivity contribution in [3.05, 3.63) is 200 Å². The zero-order valence-electron chi connectivity index (χ0n) is 31.2. The van der Waals surface area contributed by atoms with Crippen molar-refractivity contribution in [1.29, 1.82) is 0 Å². The minimum Gasteiger partial charge on any atom is -0.455 e. The highest BCUT2D eigenvalue weighted by atomic mass is 32.1. The van der Waals surface area contributed by atoms with Gasteiger partial charge >= 0.3 is 0 Å². The largest absolute Gasteiger partial charge is 0.455 e. The molecule has 0 amide bonds. The van der Waals surface area contributed by atoms with Gasteiger partial charge in [-0.2, -0.15) is 0 Å². The van der Waals surface area contributed by atoms with Gasteiger partial charge in [-0.15, -0.1) is 11.3 Å². The van der Waals surface area contributed by atoms with Crippen molar-refractivity contribution in [3.63, 3.8) is 0 Å². The number of fused-ring (bicyclic) bond motifs is 9. The molecule has 0 aliphatic heterocycles. The van der Waals surface area contributed by atoms with E-state index in [1.165, 1.54) is 20.2 Å². The fraction of sp³-hybridized carbons (Fsp3) is 0. The van der Waals surface area contributed by atoms with E-state index in [1.54, 1.807) is 0 Å². The maximum absolute atomic E-state index is 6.89. The monoisotopic (exact) mass is 759 g/mol. The van der Waals surface area contributed by atoms with Crippen LogP contribution in [-0.2, 0) is 0 Å². The maximum Gasteiger partial charge on any atom is 0.145 e. The molecule has 0 atom stereocenters. The second-order valence-electron chi connectivity index (χ2n) is 14.8. The van der Waals surface area contributed by atoms with E-state index >= 15 is 0 Å². The van der Waals surface area contributed by atoms with Gasteiger partial charge in [0.1, 0.15) is 22.3 Å². The van der Waals surface area contributed by atoms with Crippen molar-refractivity contribution in [2.75, 3.05) is 4.90 Å². The molecule has 12 rings (SSSR count). The lowest BCUT2D eigenvalue weighted by atomic mass is 9.94. The average molecular weight is 760 g/mol. The van der Waals surface area contributed by atoms with E-state index in [-0.39, 0.29) is 0 Å². The van der Waals surface area contributed by atoms with Crippen molar-refractivity contribution in [3.8, 4) is 33.4 Å². The predicted molar refractivity (Wildman–Crippen MR) is 245 cm³/mol. The van der Waals surface area contributed by atoms with E-state index < -0.39 is 0 Å². The lowest BCUT2D eigenvalue weighted by molar-refractivity contribution is 0.669. The summed E-state index contributed by atoms with van der Waals surface area (Å²) < 4.78 is 16.2. The Bertz CT molecular complexity index is 3510. The van der Waals surface area contributed by atoms with Gasteiger partial charge in [0.05, 0.1) is 11.1 Å². The molecule has 0 radical (unpaired) electrons. The molecule has 12 aromatic rings. The molecule has 0 fully saturated rings. The molecule has 0 spiro atoms. The number of nitrogens with zero attached hydrogens (tertiary/aromatic N) is 1. The fourth-order valence-corrected chi connectivity index (χ4v) is 9.92. The zero-order chi connectivity index (χ0) is 38.2. The first-order chi connectivity index (χ1) is 28.8. The van der Waals surface area contributed by atoms with E-state index in [0.29, 0.717) is 0 Å². The van der Waals surface area contributed by atoms with Crippen LogP contribution in [0.3, 0.4) is 0 Å². The Morgan fingerprint density at radius 1 is 0.345 bits per heavy atom. The maximum atomic E-state index is 6.89. The molecule has 0 aliphatic rings. The normalized spacial score (nSPS) is 11.8. The van der Waals surface area contributed by atoms with Crippen molar-refractivity contribution in [2.24, 2.45) is 0 Å². The highest BCUT2D eigenvalue weighted by Crippen LogP contribution is 2.49. The molecule has 4 heteroatoms. The van der Waals surface area contributed by atoms with Gasteiger partial charge in [0.25, 0.3) is 0 Å². The number of hydrogen-bond donors (Lipinski definition) is 0. The molecule has 0 N–H and O–H groups in total. The molecule has 0 aliphatic carbocycles. The summed E-state index contributed by atoms with van der Waals surface area (Å²) >= 11 is 1.84. The summed E-state index contributed by atoms with van der Waals surface area (Å²) in [5, 5.41) is 6.81. The van der Waals surface area contributed by atoms with Gasteiger partial charge in [0.2, 0.25) is 0 Å². The summed E-state index contributed by atoms with van der Waals surface area (Å²) in [5.41, 5.74) is 13.2. The van der Waals surface area contributed by atoms with Crippen LogP contribution >= 0.6 is 11.3 Å². The molecule has 58 heavy (non-hydrogen) atoms. The fourth-order valence-electron chi connectivity index (χ4n) is 8.83. The third-order valence-corrected chi connectivity index (χ3v) is 12.6. The molecule has 3 nitrogen and oxygen atoms in total. The van der Waals surface area contributed by atoms with Crippen LogP contribution in [0.5, 0.6) is 0 Å². The van der Waals surface area contributed by atoms with Crippen LogP contribution in [0, 0.1) is 0 Å². The molecule has 9 aromatic carbocycles. The summed E-state index contributed by atoms with van der Waals surface area (Å²) in [6.45, 7) is 0. The van der Waals surface area contributed by atoms with Crippen LogP contribution in [0.1, 0.15) is 0 Å². The van der Waals surface area contributed by atoms with Gasteiger partial charge in [-0.1, -0.05) is 133 Å². The van der Waals surface area contributed by atoms with Gasteiger partial charge in [-0.3, -0.25) is 0 Å². The summed E-state index contributed by atoms with van der Waals surface area (Å²) in [6, 6.07) is 71.3. The Labute approximate surface area is 338 Å². The molecule has 0 bridgehead atoms. The van der Waals surface area contributed by atoms with E-state index in [1.807, 2.05) is 17.4 Å². The molecule has 0 saturated carbocycles. The summed E-state index contributed by atoms with van der Waals surface area (Å²) in [5.74, 6) is 0. The van der Waals surface area contributed by atoms with Crippen molar-refractivity contribution in [1.82, 2.24) is 0 Å². The highest BCUT2D eigenvalue weighted by Gasteiger charge is 2.25. The van der Waals surface area contributed by atoms with E-state index in [2.05, 4.69) is 199 Å². The molecular weight excluding hydrogens is 727 g/mol. The molecular formula is C54H33NO2S. The lowest BCUT2D eigenvalue weighted by Crippen LogP contribution is -2.10. The molecule has 0 saturated heterocycles. The number of benzene rings is 9. The third kappa shape index (κ3) is 5.12. The first-order valence-electron chi connectivity index (χ1n) is 19.6. The van der Waals surface area contributed by atoms with E-state index in [9.17, 15) is 0 Å². The van der Waals surface area contributed by atoms with Crippen LogP contribution in [-0.4, -0.2) is 0 Å². The van der Waals surface area contributed by atoms with Crippen molar-refractivity contribution < 1.29 is 8.83 Å². The second kappa shape index (κ2) is 13.1. The van der Waals surface area contributed by atoms with Crippen LogP contribution in [0.2, 0.25) is 0 Å². The molecule has 0 unspecified atom stereocenters. The Morgan fingerprint density at radius 3 is 1.55 bits per heavy atom. The Balaban J connectivity index is 1.17. The summed E-state index contributed by atoms with van der Waals surface area (Å²) in [7, 11) is 0. The molecule has 3 aromatic heterocycles. The number of hydrogen-bond acceptors (Lipinski definition) is 4. The standard InChI is InChI=1S/C54H33NO2S/c1-4-14-34(15-5-1)39-26-27-40(35-16-6-2-7-17-35)53-51(39)45-33-37(24-30-48(45)57-53)55(38-25-31-50-44(32-38)42-20-11-13-23-49(42)58-50)46-29-28-41(36-18-8-3-9-19-36)54-52(46)43-21-10-12-22-47(43)56-54/h1-33H. The molecule has 3 heterocycles. The van der Waals surface area contributed by atoms with E-state index in [4.69, 9.17) is 8.83 Å². The topological polar surface area (TPSA) is 29.5 Å². The number of para-hydroxylation sites is 1. The summed E-state index contributed by atoms with van der Waals surface area (Å²) in [6.07, 6.45) is 0. The Kier molecular flexibility index (Phi) is 7.40. The SMILES string of the molecule is c1ccc(-c2ccc(-c3ccccc3)c3c2oc2ccc(N(c4ccc5sc6ccccc6c5c4)c4ccc(-c5ccccc5)c5oc6ccccc6c45)cc23)cc1. The van der Waals surface area contributed by atoms with Crippen LogP contribution in [0.15, 0.2) is 209 Å². The van der Waals surface area contributed by atoms with Crippen molar-refractivity contribution in [2.45, 2.75) is 0 Å². The number of thiophene rings is 1. The van der Waals surface area contributed by atoms with Crippen LogP contribution < -0.4 is 4.90 Å². The van der Waals surface area contributed by atoms with Gasteiger partial charge in [-0.25, -0.2) is 0 Å². The third-order valence-electron chi connectivity index (χ3n) is 11.5. The predicted octanol–water partition coefficient (Wildman–Crippen LogP) is 16.3. The van der Waals surface area contributed by atoms with Gasteiger partial charge in [0.15, 0.2) is 0 Å². The number of anilines is 3. The van der Waals surface area contributed by atoms with Gasteiger partial charge in [0, 0.05) is 58.8 Å². The number of rotatable bonds is 6. The first-order valence-corrected chi connectivity index (χ1v) is 20.4. The minimum atomic E-state index is 0.844. The summed E-state index contributed by atoms with van der Waals surface area (Å²) in [4.78, 5) is 2.41. The Hall–Kier alpha value is -7.40. The zero-order valence-corrected chi connectivity index (χ0v) is 32.0. The average Bonchev–Trinajstić information content (AvgIpc) is 3.99. The quantitative estimate of drug-likeness (QED) is 0.169. The van der Waals surface area contributed by atoms with E-state index in [0.717, 1.165) is 94.3 Å². The minimum absolute atomic E-state index is 0.844. The smallest absolute Gasteiger partial charge is 0.145 e. The van der Waals surface area contributed by atoms with Gasteiger partial charge in [-0.05, 0) is 89.0 Å². The van der Waals surface area contributed by atoms with Gasteiger partial charge < -0.3 is 13.7 Å². The van der Waals surface area contributed by atoms with Crippen LogP contribution in [0.4, 0.5) is 17.1 Å². The second-order valence-corrected chi connectivity index (χ2v) is 15.9.